The largest absolute Gasteiger partial charge is 0.497 e. The molecule has 5 rings (SSSR count). The summed E-state index contributed by atoms with van der Waals surface area (Å²) in [5.41, 5.74) is 5.59. The summed E-state index contributed by atoms with van der Waals surface area (Å²) >= 11 is 6.42. The standard InChI is InChI=1S/C27H28ClFN8O4/c1-15(25(39)32-23(12-38)18-6-19(29)9-20(7-18)41-3)37-11-17-5-4-16(8-21(17)26(37)40)24-22(28)10-30-27(33-24)34-36-13-31-35(2)14-36/h4-10,13,15,23,38H,11-12,14H2,1-3H3,(H,32,39)(H,30,33,34)/t15-,23-/m1/s1. The molecule has 0 radical (unpaired) electrons. The number of aliphatic hydroxyl groups is 1. The van der Waals surface area contributed by atoms with Crippen molar-refractivity contribution in [1.82, 2.24) is 30.2 Å². The normalized spacial score (nSPS) is 15.7. The van der Waals surface area contributed by atoms with E-state index in [0.29, 0.717) is 40.0 Å². The number of amides is 2. The van der Waals surface area contributed by atoms with Gasteiger partial charge in [-0.25, -0.2) is 14.4 Å². The molecule has 2 atom stereocenters. The van der Waals surface area contributed by atoms with Crippen LogP contribution in [0.5, 0.6) is 5.75 Å². The second kappa shape index (κ2) is 11.6. The fraction of sp³-hybridized carbons (Fsp3) is 0.296. The van der Waals surface area contributed by atoms with E-state index in [9.17, 15) is 19.1 Å². The van der Waals surface area contributed by atoms with Gasteiger partial charge in [-0.15, -0.1) is 0 Å². The molecule has 0 saturated heterocycles. The molecule has 14 heteroatoms. The van der Waals surface area contributed by atoms with E-state index in [4.69, 9.17) is 16.3 Å². The van der Waals surface area contributed by atoms with Gasteiger partial charge in [-0.1, -0.05) is 23.7 Å². The minimum absolute atomic E-state index is 0.215. The van der Waals surface area contributed by atoms with Crippen LogP contribution in [0.1, 0.15) is 34.5 Å². The Balaban J connectivity index is 1.31. The lowest BCUT2D eigenvalue weighted by atomic mass is 10.0. The average Bonchev–Trinajstić information content (AvgIpc) is 3.53. The summed E-state index contributed by atoms with van der Waals surface area (Å²) < 4.78 is 19.1. The SMILES string of the molecule is COc1cc(F)cc([C@@H](CO)NC(=O)[C@@H](C)N2Cc3ccc(-c4nc(NN5C=NN(C)C5)ncc4Cl)cc3C2=O)c1. The maximum Gasteiger partial charge on any atom is 0.255 e. The molecule has 41 heavy (non-hydrogen) atoms. The van der Waals surface area contributed by atoms with Gasteiger partial charge in [0.1, 0.15) is 30.6 Å². The highest BCUT2D eigenvalue weighted by molar-refractivity contribution is 6.33. The molecular formula is C27H28ClFN8O4. The van der Waals surface area contributed by atoms with Crippen LogP contribution in [0.2, 0.25) is 5.02 Å². The van der Waals surface area contributed by atoms with Gasteiger partial charge in [0, 0.05) is 30.8 Å². The molecule has 0 aliphatic carbocycles. The molecule has 3 heterocycles. The second-order valence-corrected chi connectivity index (χ2v) is 10.1. The van der Waals surface area contributed by atoms with Crippen LogP contribution in [-0.2, 0) is 11.3 Å². The van der Waals surface area contributed by atoms with Crippen molar-refractivity contribution in [3.63, 3.8) is 0 Å². The van der Waals surface area contributed by atoms with Gasteiger partial charge in [0.15, 0.2) is 0 Å². The first-order chi connectivity index (χ1) is 19.7. The number of hydrogen-bond donors (Lipinski definition) is 3. The van der Waals surface area contributed by atoms with Gasteiger partial charge >= 0.3 is 0 Å². The van der Waals surface area contributed by atoms with Crippen LogP contribution < -0.4 is 15.5 Å². The van der Waals surface area contributed by atoms with Crippen LogP contribution in [0.25, 0.3) is 11.3 Å². The molecule has 3 N–H and O–H groups in total. The monoisotopic (exact) mass is 582 g/mol. The Morgan fingerprint density at radius 3 is 2.78 bits per heavy atom. The number of fused-ring (bicyclic) bond motifs is 1. The Morgan fingerprint density at radius 2 is 2.07 bits per heavy atom. The van der Waals surface area contributed by atoms with Crippen LogP contribution in [0.3, 0.4) is 0 Å². The molecule has 0 fully saturated rings. The van der Waals surface area contributed by atoms with Crippen LogP contribution in [0.15, 0.2) is 47.7 Å². The molecule has 1 aromatic heterocycles. The number of rotatable bonds is 9. The van der Waals surface area contributed by atoms with Gasteiger partial charge in [-0.05, 0) is 36.2 Å². The van der Waals surface area contributed by atoms with Crippen molar-refractivity contribution in [3.05, 3.63) is 70.1 Å². The first-order valence-electron chi connectivity index (χ1n) is 12.7. The number of nitrogens with one attached hydrogen (secondary N) is 2. The van der Waals surface area contributed by atoms with E-state index in [-0.39, 0.29) is 18.2 Å². The van der Waals surface area contributed by atoms with Crippen molar-refractivity contribution in [1.29, 1.82) is 0 Å². The van der Waals surface area contributed by atoms with Gasteiger partial charge in [0.2, 0.25) is 11.9 Å². The third-order valence-electron chi connectivity index (χ3n) is 6.83. The van der Waals surface area contributed by atoms with Crippen LogP contribution in [0.4, 0.5) is 10.3 Å². The van der Waals surface area contributed by atoms with E-state index in [1.165, 1.54) is 36.4 Å². The number of benzene rings is 2. The van der Waals surface area contributed by atoms with E-state index in [0.717, 1.165) is 5.56 Å². The molecule has 2 aliphatic heterocycles. The highest BCUT2D eigenvalue weighted by Gasteiger charge is 2.35. The number of aliphatic hydroxyl groups excluding tert-OH is 1. The van der Waals surface area contributed by atoms with Gasteiger partial charge in [-0.2, -0.15) is 5.10 Å². The number of nitrogens with zero attached hydrogens (tertiary/aromatic N) is 6. The molecule has 3 aromatic rings. The van der Waals surface area contributed by atoms with E-state index < -0.39 is 30.4 Å². The molecule has 0 unspecified atom stereocenters. The van der Waals surface area contributed by atoms with Crippen molar-refractivity contribution < 1.29 is 23.8 Å². The summed E-state index contributed by atoms with van der Waals surface area (Å²) in [5.74, 6) is -0.841. The summed E-state index contributed by atoms with van der Waals surface area (Å²) in [5, 5.41) is 20.5. The fourth-order valence-electron chi connectivity index (χ4n) is 4.62. The number of anilines is 1. The van der Waals surface area contributed by atoms with Crippen molar-refractivity contribution in [2.24, 2.45) is 5.10 Å². The molecule has 2 amide bonds. The van der Waals surface area contributed by atoms with Gasteiger partial charge in [-0.3, -0.25) is 25.0 Å². The van der Waals surface area contributed by atoms with Crippen LogP contribution in [0, 0.1) is 5.82 Å². The number of hydrogen-bond acceptors (Lipinski definition) is 10. The first-order valence-corrected chi connectivity index (χ1v) is 13.1. The number of ether oxygens (including phenoxy) is 1. The lowest BCUT2D eigenvalue weighted by Gasteiger charge is -2.26. The van der Waals surface area contributed by atoms with Gasteiger partial charge in [0.25, 0.3) is 5.91 Å². The third-order valence-corrected chi connectivity index (χ3v) is 7.10. The Hall–Kier alpha value is -4.49. The number of hydrazine groups is 1. The number of carbonyl (C=O) groups is 2. The quantitative estimate of drug-likeness (QED) is 0.348. The number of aromatic nitrogens is 2. The molecule has 2 aliphatic rings. The molecule has 12 nitrogen and oxygen atoms in total. The summed E-state index contributed by atoms with van der Waals surface area (Å²) in [6.07, 6.45) is 3.08. The molecular weight excluding hydrogens is 555 g/mol. The second-order valence-electron chi connectivity index (χ2n) is 9.65. The van der Waals surface area contributed by atoms with Gasteiger partial charge < -0.3 is 20.1 Å². The zero-order valence-corrected chi connectivity index (χ0v) is 23.3. The Labute approximate surface area is 240 Å². The number of carbonyl (C=O) groups excluding carboxylic acids is 2. The third kappa shape index (κ3) is 5.86. The van der Waals surface area contributed by atoms with E-state index in [1.54, 1.807) is 35.4 Å². The van der Waals surface area contributed by atoms with E-state index >= 15 is 0 Å². The Kier molecular flexibility index (Phi) is 7.90. The number of methoxy groups -OCH3 is 1. The molecule has 0 bridgehead atoms. The fourth-order valence-corrected chi connectivity index (χ4v) is 4.82. The predicted molar refractivity (Wildman–Crippen MR) is 149 cm³/mol. The van der Waals surface area contributed by atoms with Gasteiger partial charge in [0.05, 0.1) is 36.7 Å². The zero-order chi connectivity index (χ0) is 29.3. The van der Waals surface area contributed by atoms with E-state index in [1.807, 2.05) is 13.1 Å². The topological polar surface area (TPSA) is 136 Å². The summed E-state index contributed by atoms with van der Waals surface area (Å²) in [4.78, 5) is 36.7. The van der Waals surface area contributed by atoms with Crippen molar-refractivity contribution in [2.45, 2.75) is 25.6 Å². The smallest absolute Gasteiger partial charge is 0.255 e. The van der Waals surface area contributed by atoms with Crippen molar-refractivity contribution in [3.8, 4) is 17.0 Å². The molecule has 0 spiro atoms. The molecule has 2 aromatic carbocycles. The maximum absolute atomic E-state index is 14.0. The zero-order valence-electron chi connectivity index (χ0n) is 22.5. The number of hydrazone groups is 1. The summed E-state index contributed by atoms with van der Waals surface area (Å²) in [6.45, 7) is 1.85. The number of halogens is 2. The summed E-state index contributed by atoms with van der Waals surface area (Å²) in [6, 6.07) is 7.48. The Bertz CT molecular complexity index is 1520. The molecule has 0 saturated carbocycles. The van der Waals surface area contributed by atoms with Crippen LogP contribution >= 0.6 is 11.6 Å². The minimum Gasteiger partial charge on any atom is -0.497 e. The molecule has 214 valence electrons. The van der Waals surface area contributed by atoms with Crippen molar-refractivity contribution >= 4 is 35.7 Å². The lowest BCUT2D eigenvalue weighted by molar-refractivity contribution is -0.126. The van der Waals surface area contributed by atoms with E-state index in [2.05, 4.69) is 25.8 Å². The lowest BCUT2D eigenvalue weighted by Crippen LogP contribution is -2.46. The Morgan fingerprint density at radius 1 is 1.27 bits per heavy atom. The highest BCUT2D eigenvalue weighted by Crippen LogP contribution is 2.32. The highest BCUT2D eigenvalue weighted by atomic mass is 35.5. The minimum atomic E-state index is -0.892. The summed E-state index contributed by atoms with van der Waals surface area (Å²) in [7, 11) is 3.22. The maximum atomic E-state index is 14.0. The van der Waals surface area contributed by atoms with Crippen LogP contribution in [-0.4, -0.2) is 81.6 Å². The van der Waals surface area contributed by atoms with Crippen molar-refractivity contribution in [2.75, 3.05) is 32.9 Å². The first kappa shape index (κ1) is 28.1. The predicted octanol–water partition coefficient (Wildman–Crippen LogP) is 2.61. The average molecular weight is 583 g/mol.